The van der Waals surface area contributed by atoms with Crippen molar-refractivity contribution < 1.29 is 38.5 Å². The van der Waals surface area contributed by atoms with E-state index in [0.717, 1.165) is 27.7 Å². The number of hydrogen-bond acceptors (Lipinski definition) is 10. The average Bonchev–Trinajstić information content (AvgIpc) is 2.22. The van der Waals surface area contributed by atoms with Crippen LogP contribution < -0.4 is 0 Å². The molecule has 0 aliphatic rings. The molecule has 0 aromatic carbocycles. The van der Waals surface area contributed by atoms with Crippen LogP contribution in [0.4, 0.5) is 0 Å². The maximum atomic E-state index is 10.8. The molecule has 0 saturated heterocycles. The van der Waals surface area contributed by atoms with Gasteiger partial charge in [0.15, 0.2) is 0 Å². The molecule has 0 rings (SSSR count). The normalized spacial score (nSPS) is 9.18. The number of carbonyl (C=O) groups excluding carboxylic acids is 4. The third-order valence-corrected chi connectivity index (χ3v) is 1.39. The molecule has 0 saturated carbocycles. The molecule has 0 aromatic rings. The fourth-order valence-corrected chi connectivity index (χ4v) is 0.957. The predicted molar refractivity (Wildman–Crippen MR) is 72.0 cm³/mol. The molecule has 22 heavy (non-hydrogen) atoms. The van der Waals surface area contributed by atoms with Gasteiger partial charge in [0.1, 0.15) is 0 Å². The largest absolute Gasteiger partial charge is 0.333 e. The van der Waals surface area contributed by atoms with E-state index in [1.807, 2.05) is 0 Å². The number of rotatable bonds is 7. The second-order valence-electron chi connectivity index (χ2n) is 3.44. The van der Waals surface area contributed by atoms with Gasteiger partial charge in [0.2, 0.25) is 0 Å². The van der Waals surface area contributed by atoms with Gasteiger partial charge in [-0.05, 0) is 0 Å². The number of nitrogens with zero attached hydrogens (tertiary/aromatic N) is 2. The van der Waals surface area contributed by atoms with E-state index in [0.29, 0.717) is 10.5 Å². The topological polar surface area (TPSA) is 112 Å². The van der Waals surface area contributed by atoms with E-state index < -0.39 is 23.9 Å². The van der Waals surface area contributed by atoms with E-state index in [4.69, 9.17) is 0 Å². The van der Waals surface area contributed by atoms with Gasteiger partial charge in [0.05, 0.1) is 13.1 Å². The molecular formula is C10H16MgN2NaO8. The molecule has 0 fully saturated rings. The van der Waals surface area contributed by atoms with Crippen molar-refractivity contribution in [3.8, 4) is 0 Å². The van der Waals surface area contributed by atoms with Crippen molar-refractivity contribution in [3.05, 3.63) is 0 Å². The first-order valence-corrected chi connectivity index (χ1v) is 5.50. The van der Waals surface area contributed by atoms with E-state index in [1.165, 1.54) is 0 Å². The number of hydrogen-bond donors (Lipinski definition) is 0. The molecule has 0 bridgehead atoms. The molecule has 0 unspecified atom stereocenters. The van der Waals surface area contributed by atoms with Gasteiger partial charge in [-0.3, -0.25) is 19.2 Å². The van der Waals surface area contributed by atoms with Gasteiger partial charge >= 0.3 is 23.9 Å². The van der Waals surface area contributed by atoms with Crippen LogP contribution in [0, 0.1) is 0 Å². The Labute approximate surface area is 165 Å². The second-order valence-corrected chi connectivity index (χ2v) is 3.44. The van der Waals surface area contributed by atoms with Crippen molar-refractivity contribution in [2.24, 2.45) is 0 Å². The maximum absolute atomic E-state index is 10.8. The van der Waals surface area contributed by atoms with Gasteiger partial charge in [-0.25, -0.2) is 0 Å². The van der Waals surface area contributed by atoms with E-state index in [-0.39, 0.29) is 65.7 Å². The Balaban J connectivity index is -0.00000180. The Kier molecular flexibility index (Phi) is 17.1. The quantitative estimate of drug-likeness (QED) is 0.411. The summed E-state index contributed by atoms with van der Waals surface area (Å²) < 4.78 is 0. The molecule has 0 amide bonds. The molecule has 0 heterocycles. The first-order chi connectivity index (χ1) is 9.20. The maximum Gasteiger partial charge on any atom is 0.326 e. The third-order valence-electron chi connectivity index (χ3n) is 1.39. The van der Waals surface area contributed by atoms with Crippen LogP contribution >= 0.6 is 0 Å². The molecule has 0 aromatic heterocycles. The van der Waals surface area contributed by atoms with Crippen LogP contribution in [-0.4, -0.2) is 100 Å². The van der Waals surface area contributed by atoms with Crippen LogP contribution in [-0.2, 0) is 38.5 Å². The van der Waals surface area contributed by atoms with E-state index >= 15 is 0 Å². The fraction of sp³-hybridized carbons (Fsp3) is 0.600. The van der Waals surface area contributed by atoms with Crippen molar-refractivity contribution in [1.29, 1.82) is 0 Å². The molecule has 3 radical (unpaired) electrons. The van der Waals surface area contributed by atoms with Gasteiger partial charge in [0, 0.05) is 90.8 Å². The minimum atomic E-state index is -0.724. The molecule has 0 spiro atoms. The van der Waals surface area contributed by atoms with Gasteiger partial charge < -0.3 is 19.4 Å². The van der Waals surface area contributed by atoms with Crippen molar-refractivity contribution in [3.63, 3.8) is 0 Å². The summed E-state index contributed by atoms with van der Waals surface area (Å²) in [5.74, 6) is -2.90. The molecule has 0 aliphatic carbocycles. The summed E-state index contributed by atoms with van der Waals surface area (Å²) in [4.78, 5) is 61.4. The SMILES string of the molecule is CC(=O)ON(CCN(OC(C)=O)OC(C)=O)OC(C)=O.[Mg].[Na]. The molecular weight excluding hydrogens is 323 g/mol. The summed E-state index contributed by atoms with van der Waals surface area (Å²) in [5, 5.41) is 1.15. The van der Waals surface area contributed by atoms with Crippen LogP contribution in [0.5, 0.6) is 0 Å². The zero-order chi connectivity index (χ0) is 15.7. The van der Waals surface area contributed by atoms with Gasteiger partial charge in [-0.15, -0.1) is 0 Å². The molecule has 0 atom stereocenters. The molecule has 0 N–H and O–H groups in total. The summed E-state index contributed by atoms with van der Waals surface area (Å²) in [5.41, 5.74) is 0. The van der Waals surface area contributed by atoms with Crippen molar-refractivity contribution in [1.82, 2.24) is 10.5 Å². The molecule has 12 heteroatoms. The van der Waals surface area contributed by atoms with Crippen LogP contribution in [0.2, 0.25) is 0 Å². The first-order valence-electron chi connectivity index (χ1n) is 5.50. The van der Waals surface area contributed by atoms with Gasteiger partial charge in [0.25, 0.3) is 0 Å². The molecule has 0 aliphatic heterocycles. The van der Waals surface area contributed by atoms with Crippen LogP contribution in [0.25, 0.3) is 0 Å². The van der Waals surface area contributed by atoms with Crippen LogP contribution in [0.1, 0.15) is 27.7 Å². The molecule has 117 valence electrons. The van der Waals surface area contributed by atoms with E-state index in [1.54, 1.807) is 0 Å². The summed E-state index contributed by atoms with van der Waals surface area (Å²) in [6.07, 6.45) is 0. The minimum Gasteiger partial charge on any atom is -0.333 e. The third kappa shape index (κ3) is 15.9. The Morgan fingerprint density at radius 3 is 0.955 bits per heavy atom. The van der Waals surface area contributed by atoms with Gasteiger partial charge in [-0.1, -0.05) is 0 Å². The first kappa shape index (κ1) is 26.5. The van der Waals surface area contributed by atoms with Crippen LogP contribution in [0.15, 0.2) is 0 Å². The van der Waals surface area contributed by atoms with E-state index in [2.05, 4.69) is 19.4 Å². The zero-order valence-electron chi connectivity index (χ0n) is 13.3. The van der Waals surface area contributed by atoms with Crippen molar-refractivity contribution in [2.75, 3.05) is 13.1 Å². The number of carbonyl (C=O) groups is 4. The summed E-state index contributed by atoms with van der Waals surface area (Å²) in [7, 11) is 0. The standard InChI is InChI=1S/C10H16N2O8.Mg.Na/c1-7(13)17-11(18-8(2)14)5-6-12(19-9(3)15)20-10(4)16;;/h5-6H2,1-4H3;;. The van der Waals surface area contributed by atoms with Crippen molar-refractivity contribution >= 4 is 76.5 Å². The summed E-state index contributed by atoms with van der Waals surface area (Å²) in [6.45, 7) is 3.97. The Hall–Kier alpha value is -0.434. The minimum absolute atomic E-state index is 0. The van der Waals surface area contributed by atoms with Gasteiger partial charge in [-0.2, -0.15) is 0 Å². The zero-order valence-corrected chi connectivity index (χ0v) is 16.7. The van der Waals surface area contributed by atoms with E-state index in [9.17, 15) is 19.2 Å². The Morgan fingerprint density at radius 2 is 0.818 bits per heavy atom. The number of hydroxylamine groups is 4. The monoisotopic (exact) mass is 339 g/mol. The van der Waals surface area contributed by atoms with Crippen LogP contribution in [0.3, 0.4) is 0 Å². The fourth-order valence-electron chi connectivity index (χ4n) is 0.957. The Morgan fingerprint density at radius 1 is 0.636 bits per heavy atom. The predicted octanol–water partition coefficient (Wildman–Crippen LogP) is -1.26. The molecule has 10 nitrogen and oxygen atoms in total. The summed E-state index contributed by atoms with van der Waals surface area (Å²) >= 11 is 0. The Bertz CT molecular complexity index is 327. The second kappa shape index (κ2) is 14.2. The smallest absolute Gasteiger partial charge is 0.326 e. The average molecular weight is 340 g/mol. The van der Waals surface area contributed by atoms with Crippen molar-refractivity contribution in [2.45, 2.75) is 27.7 Å². The summed E-state index contributed by atoms with van der Waals surface area (Å²) in [6, 6.07) is 0.